The number of hydrogen-bond donors (Lipinski definition) is 4. The minimum Gasteiger partial charge on any atom is -0.394 e. The fourth-order valence-electron chi connectivity index (χ4n) is 2.49. The first kappa shape index (κ1) is 13.2. The number of nitrogens with zero attached hydrogens (tertiary/aromatic N) is 4. The third-order valence-electron chi connectivity index (χ3n) is 3.53. The van der Waals surface area contributed by atoms with Gasteiger partial charge < -0.3 is 26.4 Å². The van der Waals surface area contributed by atoms with Crippen LogP contribution in [0.4, 0.5) is 5.82 Å². The Hall–Kier alpha value is -1.81. The van der Waals surface area contributed by atoms with Gasteiger partial charge in [-0.25, -0.2) is 15.0 Å². The summed E-state index contributed by atoms with van der Waals surface area (Å²) in [6, 6.07) is -0.695. The first-order chi connectivity index (χ1) is 9.54. The molecule has 0 saturated carbocycles. The molecule has 20 heavy (non-hydrogen) atoms. The van der Waals surface area contributed by atoms with Gasteiger partial charge in [0, 0.05) is 0 Å². The summed E-state index contributed by atoms with van der Waals surface area (Å²) in [5.41, 5.74) is 12.7. The topological polar surface area (TPSA) is 145 Å². The van der Waals surface area contributed by atoms with Gasteiger partial charge in [0.15, 0.2) is 23.2 Å². The van der Waals surface area contributed by atoms with Gasteiger partial charge in [0.25, 0.3) is 0 Å². The largest absolute Gasteiger partial charge is 0.394 e. The van der Waals surface area contributed by atoms with E-state index in [2.05, 4.69) is 15.0 Å². The number of aromatic nitrogens is 4. The van der Waals surface area contributed by atoms with Crippen molar-refractivity contribution in [1.82, 2.24) is 19.5 Å². The van der Waals surface area contributed by atoms with E-state index in [1.54, 1.807) is 11.5 Å². The lowest BCUT2D eigenvalue weighted by Crippen LogP contribution is -2.40. The molecule has 0 radical (unpaired) electrons. The summed E-state index contributed by atoms with van der Waals surface area (Å²) in [6.07, 6.45) is -1.02. The Morgan fingerprint density at radius 3 is 2.85 bits per heavy atom. The molecule has 0 aliphatic carbocycles. The highest BCUT2D eigenvalue weighted by Gasteiger charge is 2.43. The van der Waals surface area contributed by atoms with E-state index < -0.39 is 24.5 Å². The van der Waals surface area contributed by atoms with E-state index in [0.29, 0.717) is 17.0 Å². The van der Waals surface area contributed by atoms with Crippen molar-refractivity contribution in [3.8, 4) is 0 Å². The van der Waals surface area contributed by atoms with Crippen molar-refractivity contribution < 1.29 is 14.9 Å². The summed E-state index contributed by atoms with van der Waals surface area (Å²) >= 11 is 0. The molecule has 1 aliphatic heterocycles. The van der Waals surface area contributed by atoms with Crippen LogP contribution in [0.3, 0.4) is 0 Å². The summed E-state index contributed by atoms with van der Waals surface area (Å²) < 4.78 is 7.27. The highest BCUT2D eigenvalue weighted by atomic mass is 16.5. The van der Waals surface area contributed by atoms with Crippen LogP contribution >= 0.6 is 0 Å². The summed E-state index contributed by atoms with van der Waals surface area (Å²) in [5.74, 6) is 0.862. The molecule has 9 nitrogen and oxygen atoms in total. The Labute approximate surface area is 114 Å². The maximum absolute atomic E-state index is 9.94. The summed E-state index contributed by atoms with van der Waals surface area (Å²) in [4.78, 5) is 12.3. The standard InChI is InChI=1S/C11H16N6O3/c1-4-16-7-9(13)14-3-15-10(7)17(4)11-6(12)8(19)5(2-18)20-11/h3,5-6,8,11,18-19H,2,12H2,1H3,(H2,13,14,15)/t5-,6-,8-,11-/m1/s1. The Morgan fingerprint density at radius 2 is 2.20 bits per heavy atom. The summed E-state index contributed by atoms with van der Waals surface area (Å²) in [5, 5.41) is 19.1. The summed E-state index contributed by atoms with van der Waals surface area (Å²) in [7, 11) is 0. The van der Waals surface area contributed by atoms with Crippen molar-refractivity contribution >= 4 is 17.0 Å². The third-order valence-corrected chi connectivity index (χ3v) is 3.53. The van der Waals surface area contributed by atoms with Crippen LogP contribution in [0.25, 0.3) is 11.2 Å². The van der Waals surface area contributed by atoms with Gasteiger partial charge in [0.2, 0.25) is 0 Å². The van der Waals surface area contributed by atoms with Crippen molar-refractivity contribution in [3.63, 3.8) is 0 Å². The van der Waals surface area contributed by atoms with Crippen molar-refractivity contribution in [3.05, 3.63) is 12.2 Å². The number of ether oxygens (including phenoxy) is 1. The summed E-state index contributed by atoms with van der Waals surface area (Å²) in [6.45, 7) is 1.45. The number of rotatable bonds is 2. The van der Waals surface area contributed by atoms with Crippen LogP contribution in [-0.2, 0) is 4.74 Å². The number of nitrogen functional groups attached to an aromatic ring is 1. The molecule has 0 bridgehead atoms. The number of nitrogens with two attached hydrogens (primary N) is 2. The van der Waals surface area contributed by atoms with Crippen molar-refractivity contribution in [2.24, 2.45) is 5.73 Å². The molecular formula is C11H16N6O3. The average Bonchev–Trinajstić information content (AvgIpc) is 2.90. The smallest absolute Gasteiger partial charge is 0.167 e. The SMILES string of the molecule is Cc1nc2c(N)ncnc2n1[C@@H]1O[C@H](CO)[C@@H](O)[C@H]1N. The van der Waals surface area contributed by atoms with Gasteiger partial charge in [-0.1, -0.05) is 0 Å². The fraction of sp³-hybridized carbons (Fsp3) is 0.545. The molecular weight excluding hydrogens is 264 g/mol. The van der Waals surface area contributed by atoms with Gasteiger partial charge in [0.05, 0.1) is 12.6 Å². The second kappa shape index (κ2) is 4.63. The van der Waals surface area contributed by atoms with Gasteiger partial charge in [0.1, 0.15) is 24.4 Å². The van der Waals surface area contributed by atoms with E-state index in [-0.39, 0.29) is 12.4 Å². The van der Waals surface area contributed by atoms with E-state index in [4.69, 9.17) is 16.2 Å². The second-order valence-corrected chi connectivity index (χ2v) is 4.78. The lowest BCUT2D eigenvalue weighted by molar-refractivity contribution is -0.0443. The molecule has 0 amide bonds. The molecule has 0 unspecified atom stereocenters. The highest BCUT2D eigenvalue weighted by Crippen LogP contribution is 2.32. The van der Waals surface area contributed by atoms with Crippen molar-refractivity contribution in [1.29, 1.82) is 0 Å². The van der Waals surface area contributed by atoms with E-state index in [0.717, 1.165) is 0 Å². The molecule has 3 rings (SSSR count). The fourth-order valence-corrected chi connectivity index (χ4v) is 2.49. The zero-order valence-corrected chi connectivity index (χ0v) is 10.8. The monoisotopic (exact) mass is 280 g/mol. The predicted molar refractivity (Wildman–Crippen MR) is 69.5 cm³/mol. The van der Waals surface area contributed by atoms with E-state index in [9.17, 15) is 10.2 Å². The van der Waals surface area contributed by atoms with Crippen LogP contribution in [0, 0.1) is 6.92 Å². The van der Waals surface area contributed by atoms with Crippen molar-refractivity contribution in [2.75, 3.05) is 12.3 Å². The number of aliphatic hydroxyl groups is 2. The first-order valence-electron chi connectivity index (χ1n) is 6.19. The number of aliphatic hydroxyl groups excluding tert-OH is 2. The van der Waals surface area contributed by atoms with Crippen LogP contribution in [0.1, 0.15) is 12.1 Å². The van der Waals surface area contributed by atoms with Gasteiger partial charge in [-0.05, 0) is 6.92 Å². The first-order valence-corrected chi connectivity index (χ1v) is 6.19. The number of aryl methyl sites for hydroxylation is 1. The quantitative estimate of drug-likeness (QED) is 0.509. The second-order valence-electron chi connectivity index (χ2n) is 4.78. The van der Waals surface area contributed by atoms with Gasteiger partial charge >= 0.3 is 0 Å². The Kier molecular flexibility index (Phi) is 3.05. The van der Waals surface area contributed by atoms with E-state index in [1.807, 2.05) is 0 Å². The Morgan fingerprint density at radius 1 is 1.45 bits per heavy atom. The Bertz CT molecular complexity index is 644. The zero-order chi connectivity index (χ0) is 14.4. The molecule has 0 aromatic carbocycles. The molecule has 1 aliphatic rings. The molecule has 6 N–H and O–H groups in total. The van der Waals surface area contributed by atoms with Crippen LogP contribution in [0.15, 0.2) is 6.33 Å². The number of imidazole rings is 1. The third kappa shape index (κ3) is 1.75. The van der Waals surface area contributed by atoms with Gasteiger partial charge in [-0.15, -0.1) is 0 Å². The highest BCUT2D eigenvalue weighted by molar-refractivity contribution is 5.81. The van der Waals surface area contributed by atoms with Crippen LogP contribution in [-0.4, -0.2) is 54.6 Å². The molecule has 9 heteroatoms. The maximum Gasteiger partial charge on any atom is 0.167 e. The Balaban J connectivity index is 2.11. The molecule has 2 aromatic heterocycles. The molecule has 108 valence electrons. The van der Waals surface area contributed by atoms with Crippen LogP contribution in [0.2, 0.25) is 0 Å². The van der Waals surface area contributed by atoms with Gasteiger partial charge in [-0.2, -0.15) is 0 Å². The molecule has 1 fully saturated rings. The molecule has 4 atom stereocenters. The van der Waals surface area contributed by atoms with E-state index in [1.165, 1.54) is 6.33 Å². The maximum atomic E-state index is 9.94. The number of hydrogen-bond acceptors (Lipinski definition) is 8. The lowest BCUT2D eigenvalue weighted by atomic mass is 10.1. The normalized spacial score (nSPS) is 30.2. The minimum atomic E-state index is -0.957. The van der Waals surface area contributed by atoms with Crippen LogP contribution < -0.4 is 11.5 Å². The minimum absolute atomic E-state index is 0.266. The molecule has 1 saturated heterocycles. The zero-order valence-electron chi connectivity index (χ0n) is 10.8. The molecule has 3 heterocycles. The lowest BCUT2D eigenvalue weighted by Gasteiger charge is -2.18. The predicted octanol–water partition coefficient (Wildman–Crippen LogP) is -1.71. The molecule has 0 spiro atoms. The van der Waals surface area contributed by atoms with Crippen LogP contribution in [0.5, 0.6) is 0 Å². The number of anilines is 1. The van der Waals surface area contributed by atoms with Gasteiger partial charge in [-0.3, -0.25) is 4.57 Å². The van der Waals surface area contributed by atoms with Crippen molar-refractivity contribution in [2.45, 2.75) is 31.4 Å². The molecule has 2 aromatic rings. The van der Waals surface area contributed by atoms with E-state index >= 15 is 0 Å². The average molecular weight is 280 g/mol. The number of fused-ring (bicyclic) bond motifs is 1.